The number of ether oxygens (including phenoxy) is 1. The van der Waals surface area contributed by atoms with Gasteiger partial charge in [-0.2, -0.15) is 0 Å². The van der Waals surface area contributed by atoms with Crippen molar-refractivity contribution >= 4 is 29.9 Å². The maximum Gasteiger partial charge on any atom is 0.191 e. The second-order valence-corrected chi connectivity index (χ2v) is 6.51. The van der Waals surface area contributed by atoms with E-state index in [0.29, 0.717) is 0 Å². The zero-order valence-corrected chi connectivity index (χ0v) is 18.6. The topological polar surface area (TPSA) is 48.9 Å². The van der Waals surface area contributed by atoms with E-state index in [2.05, 4.69) is 34.6 Å². The zero-order chi connectivity index (χ0) is 17.7. The van der Waals surface area contributed by atoms with Crippen LogP contribution < -0.4 is 15.4 Å². The molecule has 1 aromatic rings. The number of aliphatic imine (C=N–C) groups is 1. The lowest BCUT2D eigenvalue weighted by Gasteiger charge is -2.14. The Labute approximate surface area is 176 Å². The van der Waals surface area contributed by atoms with Gasteiger partial charge in [0.25, 0.3) is 0 Å². The first-order chi connectivity index (χ1) is 12.3. The quantitative estimate of drug-likeness (QED) is 0.237. The number of likely N-dealkylation sites (tertiary alicyclic amines) is 1. The van der Waals surface area contributed by atoms with Gasteiger partial charge in [0.1, 0.15) is 5.75 Å². The number of unbranched alkanes of at least 4 members (excludes halogenated alkanes) is 1. The van der Waals surface area contributed by atoms with Crippen molar-refractivity contribution in [2.24, 2.45) is 4.99 Å². The fourth-order valence-corrected chi connectivity index (χ4v) is 3.21. The van der Waals surface area contributed by atoms with Gasteiger partial charge in [-0.1, -0.05) is 18.2 Å². The molecule has 0 spiro atoms. The first-order valence-corrected chi connectivity index (χ1v) is 9.70. The number of hydrogen-bond acceptors (Lipinski definition) is 3. The van der Waals surface area contributed by atoms with E-state index in [9.17, 15) is 0 Å². The van der Waals surface area contributed by atoms with Crippen LogP contribution in [0.15, 0.2) is 29.3 Å². The average Bonchev–Trinajstić information content (AvgIpc) is 3.15. The third kappa shape index (κ3) is 8.58. The molecule has 1 aliphatic heterocycles. The van der Waals surface area contributed by atoms with E-state index in [1.54, 1.807) is 7.11 Å². The van der Waals surface area contributed by atoms with Crippen LogP contribution in [0.1, 0.15) is 38.2 Å². The number of nitrogens with one attached hydrogen (secondary N) is 2. The monoisotopic (exact) mass is 474 g/mol. The molecule has 0 aliphatic carbocycles. The van der Waals surface area contributed by atoms with Crippen molar-refractivity contribution in [1.29, 1.82) is 0 Å². The molecular weight excluding hydrogens is 439 g/mol. The second kappa shape index (κ2) is 14.1. The van der Waals surface area contributed by atoms with Crippen LogP contribution >= 0.6 is 24.0 Å². The lowest BCUT2D eigenvalue weighted by molar-refractivity contribution is 0.331. The minimum atomic E-state index is 0. The van der Waals surface area contributed by atoms with E-state index >= 15 is 0 Å². The SMILES string of the molecule is CCNC(=NCCCCN1CCCC1)NCCc1ccccc1OC.I. The summed E-state index contributed by atoms with van der Waals surface area (Å²) >= 11 is 0. The molecule has 0 bridgehead atoms. The Balaban J connectivity index is 0.00000338. The van der Waals surface area contributed by atoms with Gasteiger partial charge in [-0.25, -0.2) is 0 Å². The van der Waals surface area contributed by atoms with E-state index in [-0.39, 0.29) is 24.0 Å². The van der Waals surface area contributed by atoms with Gasteiger partial charge in [-0.05, 0) is 70.3 Å². The smallest absolute Gasteiger partial charge is 0.191 e. The zero-order valence-electron chi connectivity index (χ0n) is 16.3. The first kappa shape index (κ1) is 23.0. The highest BCUT2D eigenvalue weighted by atomic mass is 127. The summed E-state index contributed by atoms with van der Waals surface area (Å²) in [5, 5.41) is 6.75. The van der Waals surface area contributed by atoms with Crippen molar-refractivity contribution in [3.63, 3.8) is 0 Å². The highest BCUT2D eigenvalue weighted by molar-refractivity contribution is 14.0. The third-order valence-corrected chi connectivity index (χ3v) is 4.57. The van der Waals surface area contributed by atoms with Crippen molar-refractivity contribution in [1.82, 2.24) is 15.5 Å². The Kier molecular flexibility index (Phi) is 12.5. The van der Waals surface area contributed by atoms with Crippen LogP contribution in [0.4, 0.5) is 0 Å². The summed E-state index contributed by atoms with van der Waals surface area (Å²) in [5.74, 6) is 1.87. The number of methoxy groups -OCH3 is 1. The summed E-state index contributed by atoms with van der Waals surface area (Å²) in [7, 11) is 1.72. The third-order valence-electron chi connectivity index (χ3n) is 4.57. The number of halogens is 1. The number of para-hydroxylation sites is 1. The van der Waals surface area contributed by atoms with Gasteiger partial charge in [-0.15, -0.1) is 24.0 Å². The summed E-state index contributed by atoms with van der Waals surface area (Å²) in [6, 6.07) is 8.18. The molecule has 1 heterocycles. The molecule has 2 rings (SSSR count). The van der Waals surface area contributed by atoms with Gasteiger partial charge >= 0.3 is 0 Å². The van der Waals surface area contributed by atoms with Crippen molar-refractivity contribution in [2.75, 3.05) is 46.4 Å². The number of guanidine groups is 1. The van der Waals surface area contributed by atoms with E-state index in [4.69, 9.17) is 9.73 Å². The van der Waals surface area contributed by atoms with Crippen LogP contribution in [0.25, 0.3) is 0 Å². The molecule has 26 heavy (non-hydrogen) atoms. The van der Waals surface area contributed by atoms with Crippen LogP contribution in [0.3, 0.4) is 0 Å². The van der Waals surface area contributed by atoms with Crippen LogP contribution in [0.5, 0.6) is 5.75 Å². The minimum Gasteiger partial charge on any atom is -0.496 e. The number of benzene rings is 1. The summed E-state index contributed by atoms with van der Waals surface area (Å²) < 4.78 is 5.41. The molecule has 0 radical (unpaired) electrons. The molecule has 2 N–H and O–H groups in total. The Morgan fingerprint density at radius 1 is 1.15 bits per heavy atom. The van der Waals surface area contributed by atoms with Crippen molar-refractivity contribution < 1.29 is 4.74 Å². The van der Waals surface area contributed by atoms with E-state index in [1.165, 1.54) is 44.5 Å². The van der Waals surface area contributed by atoms with Gasteiger partial charge in [0.2, 0.25) is 0 Å². The van der Waals surface area contributed by atoms with Crippen molar-refractivity contribution in [3.8, 4) is 5.75 Å². The predicted octanol–water partition coefficient (Wildman–Crippen LogP) is 3.29. The summed E-state index contributed by atoms with van der Waals surface area (Å²) in [6.07, 6.45) is 6.06. The van der Waals surface area contributed by atoms with Gasteiger partial charge in [0.15, 0.2) is 5.96 Å². The Morgan fingerprint density at radius 3 is 2.65 bits per heavy atom. The number of nitrogens with zero attached hydrogens (tertiary/aromatic N) is 2. The van der Waals surface area contributed by atoms with E-state index in [0.717, 1.165) is 44.2 Å². The summed E-state index contributed by atoms with van der Waals surface area (Å²) in [4.78, 5) is 7.27. The average molecular weight is 474 g/mol. The van der Waals surface area contributed by atoms with Gasteiger partial charge in [-0.3, -0.25) is 4.99 Å². The molecule has 0 unspecified atom stereocenters. The molecule has 1 aromatic carbocycles. The largest absolute Gasteiger partial charge is 0.496 e. The molecule has 0 saturated carbocycles. The molecular formula is C20H35IN4O. The van der Waals surface area contributed by atoms with Crippen molar-refractivity contribution in [3.05, 3.63) is 29.8 Å². The second-order valence-electron chi connectivity index (χ2n) is 6.51. The highest BCUT2D eigenvalue weighted by Crippen LogP contribution is 2.17. The van der Waals surface area contributed by atoms with Crippen LogP contribution in [0, 0.1) is 0 Å². The molecule has 0 amide bonds. The molecule has 0 atom stereocenters. The highest BCUT2D eigenvalue weighted by Gasteiger charge is 2.10. The van der Waals surface area contributed by atoms with E-state index in [1.807, 2.05) is 12.1 Å². The Hall–Kier alpha value is -1.02. The van der Waals surface area contributed by atoms with E-state index < -0.39 is 0 Å². The Morgan fingerprint density at radius 2 is 1.92 bits per heavy atom. The van der Waals surface area contributed by atoms with Crippen molar-refractivity contribution in [2.45, 2.75) is 39.0 Å². The van der Waals surface area contributed by atoms with Gasteiger partial charge in [0, 0.05) is 19.6 Å². The summed E-state index contributed by atoms with van der Waals surface area (Å²) in [5.41, 5.74) is 1.22. The molecule has 148 valence electrons. The molecule has 0 aromatic heterocycles. The Bertz CT molecular complexity index is 518. The van der Waals surface area contributed by atoms with Crippen LogP contribution in [-0.2, 0) is 6.42 Å². The molecule has 1 aliphatic rings. The number of rotatable bonds is 10. The lowest BCUT2D eigenvalue weighted by Crippen LogP contribution is -2.38. The van der Waals surface area contributed by atoms with Crippen LogP contribution in [0.2, 0.25) is 0 Å². The first-order valence-electron chi connectivity index (χ1n) is 9.70. The summed E-state index contributed by atoms with van der Waals surface area (Å²) in [6.45, 7) is 8.52. The molecule has 1 saturated heterocycles. The predicted molar refractivity (Wildman–Crippen MR) is 121 cm³/mol. The van der Waals surface area contributed by atoms with Crippen LogP contribution in [-0.4, -0.2) is 57.2 Å². The lowest BCUT2D eigenvalue weighted by atomic mass is 10.1. The fourth-order valence-electron chi connectivity index (χ4n) is 3.21. The molecule has 1 fully saturated rings. The van der Waals surface area contributed by atoms with Gasteiger partial charge < -0.3 is 20.3 Å². The molecule has 6 heteroatoms. The minimum absolute atomic E-state index is 0. The van der Waals surface area contributed by atoms with Gasteiger partial charge in [0.05, 0.1) is 7.11 Å². The normalized spacial score (nSPS) is 14.8. The molecule has 5 nitrogen and oxygen atoms in total. The fraction of sp³-hybridized carbons (Fsp3) is 0.650. The number of hydrogen-bond donors (Lipinski definition) is 2. The standard InChI is InChI=1S/C20H34N4O.HI/c1-3-21-20(22-13-6-7-15-24-16-8-9-17-24)23-14-12-18-10-4-5-11-19(18)25-2;/h4-5,10-11H,3,6-9,12-17H2,1-2H3,(H2,21,22,23);1H. The maximum atomic E-state index is 5.41. The maximum absolute atomic E-state index is 5.41.